The van der Waals surface area contributed by atoms with E-state index >= 15 is 0 Å². The molecule has 3 nitrogen and oxygen atoms in total. The van der Waals surface area contributed by atoms with Crippen molar-refractivity contribution in [3.63, 3.8) is 0 Å². The van der Waals surface area contributed by atoms with Crippen molar-refractivity contribution in [1.29, 1.82) is 0 Å². The Labute approximate surface area is 376 Å². The summed E-state index contributed by atoms with van der Waals surface area (Å²) in [7, 11) is 0. The van der Waals surface area contributed by atoms with Crippen LogP contribution in [0.5, 0.6) is 0 Å². The van der Waals surface area contributed by atoms with Crippen molar-refractivity contribution in [3.8, 4) is 39.1 Å². The molecular weight excluding hydrogens is 789 g/mol. The monoisotopic (exact) mass is 828 g/mol. The number of fused-ring (bicyclic) bond motifs is 9. The third-order valence-corrected chi connectivity index (χ3v) is 13.2. The summed E-state index contributed by atoms with van der Waals surface area (Å²) in [5, 5.41) is 9.68. The Morgan fingerprint density at radius 2 is 0.846 bits per heavy atom. The van der Waals surface area contributed by atoms with Crippen molar-refractivity contribution >= 4 is 82.4 Å². The van der Waals surface area contributed by atoms with Gasteiger partial charge < -0.3 is 13.9 Å². The number of hydrogen-bond donors (Lipinski definition) is 0. The number of anilines is 3. The van der Waals surface area contributed by atoms with Gasteiger partial charge in [-0.3, -0.25) is 0 Å². The summed E-state index contributed by atoms with van der Waals surface area (Å²) >= 11 is 0. The van der Waals surface area contributed by atoms with Crippen molar-refractivity contribution in [3.05, 3.63) is 243 Å². The molecule has 0 bridgehead atoms. The second-order valence-corrected chi connectivity index (χ2v) is 16.9. The molecule has 0 amide bonds. The van der Waals surface area contributed by atoms with Crippen LogP contribution >= 0.6 is 0 Å². The van der Waals surface area contributed by atoms with E-state index in [4.69, 9.17) is 4.42 Å². The Hall–Kier alpha value is -8.66. The predicted molar refractivity (Wildman–Crippen MR) is 274 cm³/mol. The molecule has 0 saturated heterocycles. The minimum Gasteiger partial charge on any atom is -0.455 e. The van der Waals surface area contributed by atoms with Gasteiger partial charge in [0.2, 0.25) is 0 Å². The molecule has 13 rings (SSSR count). The summed E-state index contributed by atoms with van der Waals surface area (Å²) < 4.78 is 9.27. The molecule has 65 heavy (non-hydrogen) atoms. The second kappa shape index (κ2) is 15.0. The Bertz CT molecular complexity index is 3860. The maximum absolute atomic E-state index is 6.91. The molecule has 11 aromatic carbocycles. The molecule has 0 N–H and O–H groups in total. The van der Waals surface area contributed by atoms with Gasteiger partial charge in [-0.1, -0.05) is 170 Å². The van der Waals surface area contributed by atoms with Gasteiger partial charge in [0.15, 0.2) is 0 Å². The molecule has 0 atom stereocenters. The number of aromatic nitrogens is 1. The summed E-state index contributed by atoms with van der Waals surface area (Å²) in [6.45, 7) is 0. The minimum atomic E-state index is 0.858. The van der Waals surface area contributed by atoms with Crippen LogP contribution < -0.4 is 4.90 Å². The van der Waals surface area contributed by atoms with E-state index in [1.165, 1.54) is 65.6 Å². The van der Waals surface area contributed by atoms with E-state index in [0.29, 0.717) is 0 Å². The number of rotatable bonds is 7. The number of para-hydroxylation sites is 3. The third-order valence-electron chi connectivity index (χ3n) is 13.2. The van der Waals surface area contributed by atoms with Gasteiger partial charge in [0.05, 0.1) is 22.1 Å². The summed E-state index contributed by atoms with van der Waals surface area (Å²) in [5.41, 5.74) is 15.3. The Morgan fingerprint density at radius 1 is 0.338 bits per heavy atom. The molecule has 13 aromatic rings. The molecule has 0 saturated carbocycles. The van der Waals surface area contributed by atoms with Crippen molar-refractivity contribution < 1.29 is 4.42 Å². The topological polar surface area (TPSA) is 21.3 Å². The van der Waals surface area contributed by atoms with Crippen LogP contribution in [0.2, 0.25) is 0 Å². The molecule has 0 aliphatic rings. The zero-order chi connectivity index (χ0) is 42.8. The van der Waals surface area contributed by atoms with Crippen LogP contribution in [0.4, 0.5) is 17.1 Å². The highest BCUT2D eigenvalue weighted by Gasteiger charge is 2.23. The lowest BCUT2D eigenvalue weighted by molar-refractivity contribution is 0.670. The van der Waals surface area contributed by atoms with E-state index in [1.54, 1.807) is 0 Å². The Kier molecular flexibility index (Phi) is 8.53. The van der Waals surface area contributed by atoms with Crippen LogP contribution in [0.3, 0.4) is 0 Å². The van der Waals surface area contributed by atoms with Gasteiger partial charge in [-0.15, -0.1) is 0 Å². The number of hydrogen-bond acceptors (Lipinski definition) is 2. The lowest BCUT2D eigenvalue weighted by Gasteiger charge is -2.27. The summed E-state index contributed by atoms with van der Waals surface area (Å²) in [6, 6.07) is 87.6. The summed E-state index contributed by atoms with van der Waals surface area (Å²) in [6.07, 6.45) is 0. The van der Waals surface area contributed by atoms with Crippen LogP contribution in [0, 0.1) is 0 Å². The highest BCUT2D eigenvalue weighted by atomic mass is 16.3. The molecule has 2 heterocycles. The zero-order valence-electron chi connectivity index (χ0n) is 35.4. The van der Waals surface area contributed by atoms with Gasteiger partial charge in [-0.05, 0) is 122 Å². The summed E-state index contributed by atoms with van der Waals surface area (Å²) in [4.78, 5) is 2.38. The van der Waals surface area contributed by atoms with Crippen LogP contribution in [0.25, 0.3) is 104 Å². The highest BCUT2D eigenvalue weighted by molar-refractivity contribution is 6.17. The molecule has 2 aromatic heterocycles. The van der Waals surface area contributed by atoms with E-state index in [-0.39, 0.29) is 0 Å². The van der Waals surface area contributed by atoms with Gasteiger partial charge in [0, 0.05) is 38.8 Å². The first-order valence-electron chi connectivity index (χ1n) is 22.2. The molecular formula is C62H40N2O. The van der Waals surface area contributed by atoms with Crippen molar-refractivity contribution in [2.75, 3.05) is 4.90 Å². The van der Waals surface area contributed by atoms with Crippen LogP contribution in [-0.2, 0) is 0 Å². The lowest BCUT2D eigenvalue weighted by atomic mass is 9.97. The number of nitrogens with zero attached hydrogens (tertiary/aromatic N) is 2. The standard InChI is InChI=1S/C62H40N2O/c1-2-12-41(13-3-1)42-26-32-48(33-27-42)63(49-34-28-43(29-35-49)47-25-24-46-23-22-44-14-4-5-15-51(44)56(46)40-47)59-39-38-52(62-61(59)55-18-8-11-21-60(55)65-62)45-30-36-50(37-31-45)64-57-19-9-6-16-53(57)54-17-7-10-20-58(54)64/h1-40H. The minimum absolute atomic E-state index is 0.858. The van der Waals surface area contributed by atoms with E-state index in [1.807, 2.05) is 0 Å². The molecule has 0 spiro atoms. The zero-order valence-corrected chi connectivity index (χ0v) is 35.4. The number of benzene rings is 11. The SMILES string of the molecule is c1ccc(-c2ccc(N(c3ccc(-c4ccc5ccc6ccccc6c5c4)cc3)c3ccc(-c4ccc(-n5c6ccccc6c6ccccc65)cc4)c4oc5ccccc5c34)cc2)cc1. The molecule has 304 valence electrons. The van der Waals surface area contributed by atoms with Crippen LogP contribution in [-0.4, -0.2) is 4.57 Å². The average Bonchev–Trinajstić information content (AvgIpc) is 3.94. The normalized spacial score (nSPS) is 11.7. The van der Waals surface area contributed by atoms with E-state index in [2.05, 4.69) is 252 Å². The Balaban J connectivity index is 0.954. The van der Waals surface area contributed by atoms with Gasteiger partial charge in [0.25, 0.3) is 0 Å². The fraction of sp³-hybridized carbons (Fsp3) is 0. The van der Waals surface area contributed by atoms with Crippen molar-refractivity contribution in [2.24, 2.45) is 0 Å². The summed E-state index contributed by atoms with van der Waals surface area (Å²) in [5.74, 6) is 0. The lowest BCUT2D eigenvalue weighted by Crippen LogP contribution is -2.10. The Morgan fingerprint density at radius 3 is 1.54 bits per heavy atom. The van der Waals surface area contributed by atoms with Gasteiger partial charge in [-0.2, -0.15) is 0 Å². The quantitative estimate of drug-likeness (QED) is 0.149. The highest BCUT2D eigenvalue weighted by Crippen LogP contribution is 2.47. The van der Waals surface area contributed by atoms with Gasteiger partial charge in [0.1, 0.15) is 11.2 Å². The molecule has 0 aliphatic heterocycles. The van der Waals surface area contributed by atoms with Gasteiger partial charge >= 0.3 is 0 Å². The van der Waals surface area contributed by atoms with Crippen molar-refractivity contribution in [1.82, 2.24) is 4.57 Å². The van der Waals surface area contributed by atoms with E-state index in [0.717, 1.165) is 55.8 Å². The van der Waals surface area contributed by atoms with E-state index in [9.17, 15) is 0 Å². The number of furan rings is 1. The van der Waals surface area contributed by atoms with Crippen LogP contribution in [0.15, 0.2) is 247 Å². The first-order valence-corrected chi connectivity index (χ1v) is 22.2. The van der Waals surface area contributed by atoms with E-state index < -0.39 is 0 Å². The van der Waals surface area contributed by atoms with Crippen molar-refractivity contribution in [2.45, 2.75) is 0 Å². The first-order chi connectivity index (χ1) is 32.2. The predicted octanol–water partition coefficient (Wildman–Crippen LogP) is 17.5. The third kappa shape index (κ3) is 6.12. The molecule has 0 radical (unpaired) electrons. The molecule has 0 unspecified atom stereocenters. The maximum atomic E-state index is 6.91. The fourth-order valence-electron chi connectivity index (χ4n) is 10.1. The maximum Gasteiger partial charge on any atom is 0.145 e. The first kappa shape index (κ1) is 36.9. The van der Waals surface area contributed by atoms with Crippen LogP contribution in [0.1, 0.15) is 0 Å². The smallest absolute Gasteiger partial charge is 0.145 e. The molecule has 3 heteroatoms. The van der Waals surface area contributed by atoms with Gasteiger partial charge in [-0.25, -0.2) is 0 Å². The second-order valence-electron chi connectivity index (χ2n) is 16.9. The fourth-order valence-corrected chi connectivity index (χ4v) is 10.1. The largest absolute Gasteiger partial charge is 0.455 e. The average molecular weight is 829 g/mol. The molecule has 0 aliphatic carbocycles. The molecule has 0 fully saturated rings.